The van der Waals surface area contributed by atoms with Crippen LogP contribution in [0.4, 0.5) is 0 Å². The van der Waals surface area contributed by atoms with E-state index in [2.05, 4.69) is 16.9 Å². The molecule has 136 valence electrons. The van der Waals surface area contributed by atoms with Gasteiger partial charge in [-0.25, -0.2) is 4.68 Å². The molecule has 1 saturated carbocycles. The SMILES string of the molecule is C[C@@H]1C[C@@H]1C(=O)OCCN1CCN(C(=O)c2ccc(=O)n(C)n2)CC1. The molecule has 2 atom stereocenters. The number of carbonyl (C=O) groups excluding carboxylic acids is 2. The molecule has 2 heterocycles. The van der Waals surface area contributed by atoms with Crippen LogP contribution in [0.5, 0.6) is 0 Å². The molecular weight excluding hydrogens is 324 g/mol. The molecular formula is C17H24N4O4. The van der Waals surface area contributed by atoms with Crippen molar-refractivity contribution in [1.82, 2.24) is 19.6 Å². The lowest BCUT2D eigenvalue weighted by Crippen LogP contribution is -2.49. The monoisotopic (exact) mass is 348 g/mol. The molecule has 8 heteroatoms. The Morgan fingerprint density at radius 1 is 1.24 bits per heavy atom. The number of nitrogens with zero attached hydrogens (tertiary/aromatic N) is 4. The number of rotatable bonds is 5. The van der Waals surface area contributed by atoms with Crippen LogP contribution in [0.25, 0.3) is 0 Å². The minimum absolute atomic E-state index is 0.0814. The van der Waals surface area contributed by atoms with E-state index in [4.69, 9.17) is 4.74 Å². The number of carbonyl (C=O) groups is 2. The number of piperazine rings is 1. The van der Waals surface area contributed by atoms with E-state index in [1.807, 2.05) is 0 Å². The van der Waals surface area contributed by atoms with Crippen molar-refractivity contribution in [2.45, 2.75) is 13.3 Å². The Balaban J connectivity index is 1.42. The fourth-order valence-electron chi connectivity index (χ4n) is 2.99. The van der Waals surface area contributed by atoms with Gasteiger partial charge in [0.15, 0.2) is 0 Å². The number of aryl methyl sites for hydroxylation is 1. The van der Waals surface area contributed by atoms with Crippen molar-refractivity contribution in [2.75, 3.05) is 39.3 Å². The Kier molecular flexibility index (Phi) is 5.17. The van der Waals surface area contributed by atoms with Crippen molar-refractivity contribution in [3.8, 4) is 0 Å². The zero-order valence-corrected chi connectivity index (χ0v) is 14.7. The standard InChI is InChI=1S/C17H24N4O4/c1-12-11-13(12)17(24)25-10-9-20-5-7-21(8-6-20)16(23)14-3-4-15(22)19(2)18-14/h3-4,12-13H,5-11H2,1-2H3/t12-,13+/m1/s1. The quantitative estimate of drug-likeness (QED) is 0.682. The summed E-state index contributed by atoms with van der Waals surface area (Å²) < 4.78 is 6.47. The maximum absolute atomic E-state index is 12.4. The van der Waals surface area contributed by atoms with Gasteiger partial charge in [0.25, 0.3) is 11.5 Å². The molecule has 3 rings (SSSR count). The maximum atomic E-state index is 12.4. The van der Waals surface area contributed by atoms with Gasteiger partial charge in [-0.3, -0.25) is 19.3 Å². The zero-order chi connectivity index (χ0) is 18.0. The third-order valence-corrected chi connectivity index (χ3v) is 4.90. The number of hydrogen-bond donors (Lipinski definition) is 0. The van der Waals surface area contributed by atoms with Crippen LogP contribution in [0.3, 0.4) is 0 Å². The van der Waals surface area contributed by atoms with Crippen molar-refractivity contribution in [3.63, 3.8) is 0 Å². The summed E-state index contributed by atoms with van der Waals surface area (Å²) in [6.45, 7) is 5.80. The summed E-state index contributed by atoms with van der Waals surface area (Å²) >= 11 is 0. The average molecular weight is 348 g/mol. The molecule has 2 aliphatic rings. The van der Waals surface area contributed by atoms with Gasteiger partial charge in [0, 0.05) is 45.8 Å². The highest BCUT2D eigenvalue weighted by Crippen LogP contribution is 2.38. The summed E-state index contributed by atoms with van der Waals surface area (Å²) in [6, 6.07) is 2.82. The van der Waals surface area contributed by atoms with Gasteiger partial charge in [0.1, 0.15) is 12.3 Å². The highest BCUT2D eigenvalue weighted by Gasteiger charge is 2.40. The van der Waals surface area contributed by atoms with Crippen molar-refractivity contribution in [3.05, 3.63) is 28.2 Å². The van der Waals surface area contributed by atoms with Gasteiger partial charge < -0.3 is 9.64 Å². The van der Waals surface area contributed by atoms with Crippen LogP contribution in [0.15, 0.2) is 16.9 Å². The van der Waals surface area contributed by atoms with E-state index in [1.165, 1.54) is 23.9 Å². The Labute approximate surface area is 146 Å². The Bertz CT molecular complexity index is 709. The van der Waals surface area contributed by atoms with Crippen molar-refractivity contribution in [1.29, 1.82) is 0 Å². The number of hydrogen-bond acceptors (Lipinski definition) is 6. The minimum Gasteiger partial charge on any atom is -0.464 e. The molecule has 8 nitrogen and oxygen atoms in total. The number of esters is 1. The summed E-state index contributed by atoms with van der Waals surface area (Å²) in [4.78, 5) is 39.4. The van der Waals surface area contributed by atoms with Crippen LogP contribution >= 0.6 is 0 Å². The number of aromatic nitrogens is 2. The molecule has 0 N–H and O–H groups in total. The molecule has 0 unspecified atom stereocenters. The highest BCUT2D eigenvalue weighted by molar-refractivity contribution is 5.92. The van der Waals surface area contributed by atoms with Crippen molar-refractivity contribution in [2.24, 2.45) is 18.9 Å². The van der Waals surface area contributed by atoms with E-state index < -0.39 is 0 Å². The second-order valence-corrected chi connectivity index (χ2v) is 6.80. The first-order valence-corrected chi connectivity index (χ1v) is 8.68. The second kappa shape index (κ2) is 7.35. The van der Waals surface area contributed by atoms with Crippen LogP contribution in [0.2, 0.25) is 0 Å². The van der Waals surface area contributed by atoms with Crippen molar-refractivity contribution < 1.29 is 14.3 Å². The van der Waals surface area contributed by atoms with Gasteiger partial charge >= 0.3 is 5.97 Å². The molecule has 1 aliphatic carbocycles. The minimum atomic E-state index is -0.239. The largest absolute Gasteiger partial charge is 0.464 e. The third kappa shape index (κ3) is 4.25. The number of amides is 1. The normalized spacial score (nSPS) is 23.4. The van der Waals surface area contributed by atoms with Crippen LogP contribution in [-0.4, -0.2) is 70.8 Å². The maximum Gasteiger partial charge on any atom is 0.309 e. The molecule has 25 heavy (non-hydrogen) atoms. The fourth-order valence-corrected chi connectivity index (χ4v) is 2.99. The summed E-state index contributed by atoms with van der Waals surface area (Å²) in [5.74, 6) is 0.323. The van der Waals surface area contributed by atoms with Gasteiger partial charge in [0.05, 0.1) is 5.92 Å². The van der Waals surface area contributed by atoms with Crippen LogP contribution in [0.1, 0.15) is 23.8 Å². The van der Waals surface area contributed by atoms with Gasteiger partial charge in [0.2, 0.25) is 0 Å². The van der Waals surface area contributed by atoms with Crippen LogP contribution < -0.4 is 5.56 Å². The van der Waals surface area contributed by atoms with Gasteiger partial charge in [-0.15, -0.1) is 0 Å². The molecule has 1 amide bonds. The highest BCUT2D eigenvalue weighted by atomic mass is 16.5. The average Bonchev–Trinajstić information content (AvgIpc) is 3.34. The van der Waals surface area contributed by atoms with E-state index in [9.17, 15) is 14.4 Å². The smallest absolute Gasteiger partial charge is 0.309 e. The van der Waals surface area contributed by atoms with Crippen molar-refractivity contribution >= 4 is 11.9 Å². The lowest BCUT2D eigenvalue weighted by molar-refractivity contribution is -0.146. The van der Waals surface area contributed by atoms with Gasteiger partial charge in [-0.2, -0.15) is 5.10 Å². The van der Waals surface area contributed by atoms with Crippen LogP contribution in [-0.2, 0) is 16.6 Å². The Morgan fingerprint density at radius 2 is 1.92 bits per heavy atom. The van der Waals surface area contributed by atoms with Gasteiger partial charge in [-0.1, -0.05) is 6.92 Å². The summed E-state index contributed by atoms with van der Waals surface area (Å²) in [5.41, 5.74) is 0.0412. The van der Waals surface area contributed by atoms with E-state index in [0.717, 1.165) is 19.5 Å². The zero-order valence-electron chi connectivity index (χ0n) is 14.7. The molecule has 0 spiro atoms. The first-order chi connectivity index (χ1) is 12.0. The third-order valence-electron chi connectivity index (χ3n) is 4.90. The molecule has 0 bridgehead atoms. The molecule has 0 radical (unpaired) electrons. The van der Waals surface area contributed by atoms with E-state index in [0.29, 0.717) is 32.2 Å². The lowest BCUT2D eigenvalue weighted by atomic mass is 10.2. The second-order valence-electron chi connectivity index (χ2n) is 6.80. The van der Waals surface area contributed by atoms with E-state index in [1.54, 1.807) is 4.90 Å². The predicted molar refractivity (Wildman–Crippen MR) is 90.1 cm³/mol. The van der Waals surface area contributed by atoms with E-state index in [-0.39, 0.29) is 29.0 Å². The lowest BCUT2D eigenvalue weighted by Gasteiger charge is -2.34. The molecule has 1 aromatic rings. The molecule has 0 aromatic carbocycles. The molecule has 1 saturated heterocycles. The van der Waals surface area contributed by atoms with Gasteiger partial charge in [-0.05, 0) is 18.4 Å². The topological polar surface area (TPSA) is 84.7 Å². The summed E-state index contributed by atoms with van der Waals surface area (Å²) in [5, 5.41) is 4.01. The van der Waals surface area contributed by atoms with Crippen LogP contribution in [0, 0.1) is 11.8 Å². The Hall–Kier alpha value is -2.22. The summed E-state index contributed by atoms with van der Waals surface area (Å²) in [7, 11) is 1.53. The first-order valence-electron chi connectivity index (χ1n) is 8.68. The molecule has 1 aromatic heterocycles. The molecule has 1 aliphatic heterocycles. The molecule has 2 fully saturated rings. The van der Waals surface area contributed by atoms with E-state index >= 15 is 0 Å². The Morgan fingerprint density at radius 3 is 2.52 bits per heavy atom. The predicted octanol–water partition coefficient (Wildman–Crippen LogP) is -0.263. The number of ether oxygens (including phenoxy) is 1. The first kappa shape index (κ1) is 17.6. The fraction of sp³-hybridized carbons (Fsp3) is 0.647. The summed E-state index contributed by atoms with van der Waals surface area (Å²) in [6.07, 6.45) is 0.943.